The molecule has 2 aromatic carbocycles. The molecule has 32 heavy (non-hydrogen) atoms. The van der Waals surface area contributed by atoms with E-state index >= 15 is 0 Å². The van der Waals surface area contributed by atoms with E-state index in [1.54, 1.807) is 41.2 Å². The summed E-state index contributed by atoms with van der Waals surface area (Å²) in [6.45, 7) is 2.28. The van der Waals surface area contributed by atoms with Crippen LogP contribution in [0.15, 0.2) is 65.2 Å². The molecule has 0 bridgehead atoms. The van der Waals surface area contributed by atoms with E-state index < -0.39 is 15.4 Å². The predicted octanol–water partition coefficient (Wildman–Crippen LogP) is 3.33. The highest BCUT2D eigenvalue weighted by atomic mass is 32.2. The van der Waals surface area contributed by atoms with Gasteiger partial charge < -0.3 is 5.11 Å². The molecule has 0 saturated carbocycles. The van der Waals surface area contributed by atoms with Crippen LogP contribution in [0.1, 0.15) is 23.2 Å². The Bertz CT molecular complexity index is 1310. The van der Waals surface area contributed by atoms with E-state index in [4.69, 9.17) is 0 Å². The standard InChI is InChI=1S/C24H24FN3O3S/c1-17-3-2-4-22(11-17)32(30,31)27-10-9-19-12-23-18(13-24(19,15-27)16-29)14-26-28(23)21-7-5-20(25)6-8-21/h2-8,11-12,14,29H,9-10,13,15-16H2,1H3/t24-/m1/s1. The number of rotatable bonds is 4. The Morgan fingerprint density at radius 3 is 2.69 bits per heavy atom. The number of hydrogen-bond acceptors (Lipinski definition) is 4. The summed E-state index contributed by atoms with van der Waals surface area (Å²) in [7, 11) is -3.66. The third-order valence-corrected chi connectivity index (χ3v) is 8.36. The number of aliphatic hydroxyl groups is 1. The number of sulfonamides is 1. The summed E-state index contributed by atoms with van der Waals surface area (Å²) in [4.78, 5) is 0.277. The van der Waals surface area contributed by atoms with Crippen LogP contribution < -0.4 is 0 Å². The zero-order chi connectivity index (χ0) is 22.5. The number of nitrogens with zero attached hydrogens (tertiary/aromatic N) is 3. The van der Waals surface area contributed by atoms with Crippen LogP contribution in [0.3, 0.4) is 0 Å². The van der Waals surface area contributed by atoms with Crippen molar-refractivity contribution in [2.24, 2.45) is 5.41 Å². The summed E-state index contributed by atoms with van der Waals surface area (Å²) in [6, 6.07) is 13.0. The second-order valence-electron chi connectivity index (χ2n) is 8.63. The van der Waals surface area contributed by atoms with Crippen molar-refractivity contribution in [3.63, 3.8) is 0 Å². The minimum Gasteiger partial charge on any atom is -0.395 e. The van der Waals surface area contributed by atoms with Crippen LogP contribution in [0.4, 0.5) is 4.39 Å². The van der Waals surface area contributed by atoms with Crippen LogP contribution in [0.5, 0.6) is 0 Å². The molecule has 3 aromatic rings. The largest absolute Gasteiger partial charge is 0.395 e. The van der Waals surface area contributed by atoms with Gasteiger partial charge in [-0.05, 0) is 73.4 Å². The van der Waals surface area contributed by atoms with E-state index in [1.807, 2.05) is 19.1 Å². The molecule has 8 heteroatoms. The predicted molar refractivity (Wildman–Crippen MR) is 119 cm³/mol. The first kappa shape index (κ1) is 21.1. The Labute approximate surface area is 186 Å². The molecular weight excluding hydrogens is 429 g/mol. The Morgan fingerprint density at radius 1 is 1.19 bits per heavy atom. The van der Waals surface area contributed by atoms with Gasteiger partial charge in [0.2, 0.25) is 10.0 Å². The van der Waals surface area contributed by atoms with E-state index in [-0.39, 0.29) is 23.9 Å². The fourth-order valence-electron chi connectivity index (χ4n) is 4.76. The molecule has 1 saturated heterocycles. The first-order chi connectivity index (χ1) is 15.3. The molecule has 1 N–H and O–H groups in total. The molecule has 1 aliphatic carbocycles. The summed E-state index contributed by atoms with van der Waals surface area (Å²) in [5.74, 6) is -0.311. The highest BCUT2D eigenvalue weighted by Crippen LogP contribution is 2.45. The molecule has 2 heterocycles. The zero-order valence-corrected chi connectivity index (χ0v) is 18.5. The molecule has 0 amide bonds. The van der Waals surface area contributed by atoms with Crippen molar-refractivity contribution in [3.8, 4) is 5.69 Å². The summed E-state index contributed by atoms with van der Waals surface area (Å²) >= 11 is 0. The normalized spacial score (nSPS) is 21.0. The monoisotopic (exact) mass is 453 g/mol. The highest BCUT2D eigenvalue weighted by molar-refractivity contribution is 7.89. The summed E-state index contributed by atoms with van der Waals surface area (Å²) in [5.41, 5.74) is 3.80. The lowest BCUT2D eigenvalue weighted by atomic mass is 9.69. The number of halogens is 1. The van der Waals surface area contributed by atoms with Crippen LogP contribution in [0.2, 0.25) is 0 Å². The molecule has 1 aromatic heterocycles. The van der Waals surface area contributed by atoms with Gasteiger partial charge in [-0.1, -0.05) is 17.7 Å². The summed E-state index contributed by atoms with van der Waals surface area (Å²) < 4.78 is 43.2. The van der Waals surface area contributed by atoms with Gasteiger partial charge in [0.15, 0.2) is 0 Å². The van der Waals surface area contributed by atoms with Gasteiger partial charge in [-0.15, -0.1) is 0 Å². The molecule has 0 spiro atoms. The molecule has 1 atom stereocenters. The Morgan fingerprint density at radius 2 is 1.97 bits per heavy atom. The molecule has 0 radical (unpaired) electrons. The average molecular weight is 454 g/mol. The number of fused-ring (bicyclic) bond motifs is 2. The quantitative estimate of drug-likeness (QED) is 0.658. The van der Waals surface area contributed by atoms with E-state index in [0.717, 1.165) is 28.1 Å². The molecule has 2 aliphatic rings. The number of aryl methyl sites for hydroxylation is 1. The van der Waals surface area contributed by atoms with E-state index in [0.29, 0.717) is 19.4 Å². The van der Waals surface area contributed by atoms with Gasteiger partial charge in [-0.2, -0.15) is 9.40 Å². The third-order valence-electron chi connectivity index (χ3n) is 6.52. The number of aliphatic hydroxyl groups excluding tert-OH is 1. The molecule has 166 valence electrons. The van der Waals surface area contributed by atoms with E-state index in [2.05, 4.69) is 5.10 Å². The van der Waals surface area contributed by atoms with Crippen molar-refractivity contribution < 1.29 is 17.9 Å². The van der Waals surface area contributed by atoms with E-state index in [1.165, 1.54) is 16.4 Å². The first-order valence-electron chi connectivity index (χ1n) is 10.5. The molecule has 1 fully saturated rings. The van der Waals surface area contributed by atoms with Crippen LogP contribution in [0, 0.1) is 18.2 Å². The minimum atomic E-state index is -3.66. The van der Waals surface area contributed by atoms with Gasteiger partial charge in [0, 0.05) is 18.5 Å². The average Bonchev–Trinajstić information content (AvgIpc) is 3.19. The van der Waals surface area contributed by atoms with Crippen LogP contribution in [-0.4, -0.2) is 47.3 Å². The van der Waals surface area contributed by atoms with Crippen molar-refractivity contribution in [1.29, 1.82) is 0 Å². The second-order valence-corrected chi connectivity index (χ2v) is 10.6. The lowest BCUT2D eigenvalue weighted by molar-refractivity contribution is 0.111. The lowest BCUT2D eigenvalue weighted by Crippen LogP contribution is -2.51. The van der Waals surface area contributed by atoms with Crippen molar-refractivity contribution >= 4 is 16.1 Å². The Hall–Kier alpha value is -2.81. The first-order valence-corrected chi connectivity index (χ1v) is 12.0. The van der Waals surface area contributed by atoms with Crippen LogP contribution in [-0.2, 0) is 16.4 Å². The molecular formula is C24H24FN3O3S. The number of benzene rings is 2. The SMILES string of the molecule is Cc1cccc(S(=O)(=O)N2CCC3=Cc4c(cnn4-c4ccc(F)cc4)C[C@]3(CO)C2)c1. The van der Waals surface area contributed by atoms with Crippen molar-refractivity contribution in [2.45, 2.75) is 24.7 Å². The minimum absolute atomic E-state index is 0.153. The molecule has 1 aliphatic heterocycles. The summed E-state index contributed by atoms with van der Waals surface area (Å²) in [6.07, 6.45) is 4.78. The summed E-state index contributed by atoms with van der Waals surface area (Å²) in [5, 5.41) is 14.9. The smallest absolute Gasteiger partial charge is 0.243 e. The maximum Gasteiger partial charge on any atom is 0.243 e. The van der Waals surface area contributed by atoms with Crippen LogP contribution in [0.25, 0.3) is 11.8 Å². The van der Waals surface area contributed by atoms with Crippen LogP contribution >= 0.6 is 0 Å². The molecule has 5 rings (SSSR count). The van der Waals surface area contributed by atoms with Gasteiger partial charge in [0.05, 0.1) is 29.1 Å². The topological polar surface area (TPSA) is 75.4 Å². The highest BCUT2D eigenvalue weighted by Gasteiger charge is 2.45. The lowest BCUT2D eigenvalue weighted by Gasteiger charge is -2.45. The van der Waals surface area contributed by atoms with Crippen molar-refractivity contribution in [3.05, 3.63) is 82.9 Å². The van der Waals surface area contributed by atoms with Crippen molar-refractivity contribution in [1.82, 2.24) is 14.1 Å². The fraction of sp³-hybridized carbons (Fsp3) is 0.292. The fourth-order valence-corrected chi connectivity index (χ4v) is 6.39. The number of piperidine rings is 1. The van der Waals surface area contributed by atoms with Crippen molar-refractivity contribution in [2.75, 3.05) is 19.7 Å². The van der Waals surface area contributed by atoms with Gasteiger partial charge in [-0.25, -0.2) is 17.5 Å². The van der Waals surface area contributed by atoms with Gasteiger partial charge in [0.1, 0.15) is 5.82 Å². The number of hydrogen-bond donors (Lipinski definition) is 1. The molecule has 0 unspecified atom stereocenters. The zero-order valence-electron chi connectivity index (χ0n) is 17.7. The Kier molecular flexibility index (Phi) is 5.03. The number of aromatic nitrogens is 2. The third kappa shape index (κ3) is 3.39. The molecule has 6 nitrogen and oxygen atoms in total. The Balaban J connectivity index is 1.49. The van der Waals surface area contributed by atoms with Gasteiger partial charge >= 0.3 is 0 Å². The van der Waals surface area contributed by atoms with E-state index in [9.17, 15) is 17.9 Å². The van der Waals surface area contributed by atoms with Gasteiger partial charge in [-0.3, -0.25) is 0 Å². The van der Waals surface area contributed by atoms with Gasteiger partial charge in [0.25, 0.3) is 0 Å². The second kappa shape index (κ2) is 7.65. The maximum absolute atomic E-state index is 13.3. The maximum atomic E-state index is 13.3.